The molecule has 1 saturated heterocycles. The molecule has 1 heterocycles. The summed E-state index contributed by atoms with van der Waals surface area (Å²) >= 11 is 5.74. The van der Waals surface area contributed by atoms with Gasteiger partial charge in [-0.25, -0.2) is 0 Å². The highest BCUT2D eigenvalue weighted by molar-refractivity contribution is 6.30. The van der Waals surface area contributed by atoms with Crippen LogP contribution in [-0.2, 0) is 16.2 Å². The van der Waals surface area contributed by atoms with Crippen molar-refractivity contribution in [3.8, 4) is 0 Å². The Labute approximate surface area is 87.3 Å². The first-order chi connectivity index (χ1) is 6.84. The monoisotopic (exact) mass is 211 g/mol. The minimum atomic E-state index is 0.167. The van der Waals surface area contributed by atoms with Crippen molar-refractivity contribution < 1.29 is 9.57 Å². The molecule has 0 amide bonds. The molecule has 74 valence electrons. The number of benzene rings is 1. The summed E-state index contributed by atoms with van der Waals surface area (Å²) in [5.41, 5.74) is 1.04. The Balaban J connectivity index is 1.76. The van der Waals surface area contributed by atoms with Gasteiger partial charge in [0.15, 0.2) is 0 Å². The maximum atomic E-state index is 5.74. The molecule has 0 aliphatic carbocycles. The molecule has 0 unspecified atom stereocenters. The Hall–Kier alpha value is -1.06. The highest BCUT2D eigenvalue weighted by Crippen LogP contribution is 2.10. The van der Waals surface area contributed by atoms with Gasteiger partial charge in [-0.3, -0.25) is 0 Å². The maximum absolute atomic E-state index is 5.74. The minimum Gasteiger partial charge on any atom is -0.391 e. The van der Waals surface area contributed by atoms with Crippen LogP contribution in [-0.4, -0.2) is 18.9 Å². The van der Waals surface area contributed by atoms with E-state index in [2.05, 4.69) is 5.16 Å². The average molecular weight is 212 g/mol. The molecule has 3 nitrogen and oxygen atoms in total. The van der Waals surface area contributed by atoms with Crippen molar-refractivity contribution in [2.45, 2.75) is 12.7 Å². The first kappa shape index (κ1) is 9.49. The molecule has 0 spiro atoms. The summed E-state index contributed by atoms with van der Waals surface area (Å²) < 4.78 is 4.93. The van der Waals surface area contributed by atoms with Gasteiger partial charge in [0.25, 0.3) is 0 Å². The van der Waals surface area contributed by atoms with Crippen molar-refractivity contribution in [2.24, 2.45) is 5.16 Å². The van der Waals surface area contributed by atoms with Crippen LogP contribution < -0.4 is 0 Å². The number of oxime groups is 1. The second-order valence-corrected chi connectivity index (χ2v) is 3.46. The van der Waals surface area contributed by atoms with Gasteiger partial charge in [-0.05, 0) is 17.7 Å². The van der Waals surface area contributed by atoms with Gasteiger partial charge in [0.2, 0.25) is 0 Å². The second kappa shape index (κ2) is 4.44. The Kier molecular flexibility index (Phi) is 3.01. The predicted octanol–water partition coefficient (Wildman–Crippen LogP) is 2.24. The maximum Gasteiger partial charge on any atom is 0.142 e. The van der Waals surface area contributed by atoms with E-state index in [-0.39, 0.29) is 6.10 Å². The van der Waals surface area contributed by atoms with Gasteiger partial charge in [0.05, 0.1) is 12.8 Å². The number of nitrogens with zero attached hydrogens (tertiary/aromatic N) is 1. The van der Waals surface area contributed by atoms with Gasteiger partial charge in [-0.15, -0.1) is 0 Å². The quantitative estimate of drug-likeness (QED) is 0.435. The van der Waals surface area contributed by atoms with Gasteiger partial charge in [-0.1, -0.05) is 28.9 Å². The topological polar surface area (TPSA) is 34.1 Å². The fraction of sp³-hybridized carbons (Fsp3) is 0.300. The molecular weight excluding hydrogens is 202 g/mol. The Morgan fingerprint density at radius 3 is 2.86 bits per heavy atom. The lowest BCUT2D eigenvalue weighted by molar-refractivity contribution is 0.131. The highest BCUT2D eigenvalue weighted by atomic mass is 35.5. The van der Waals surface area contributed by atoms with E-state index in [1.807, 2.05) is 24.3 Å². The molecule has 1 aliphatic heterocycles. The molecule has 1 fully saturated rings. The summed E-state index contributed by atoms with van der Waals surface area (Å²) in [4.78, 5) is 5.06. The number of hydrogen-bond donors (Lipinski definition) is 0. The summed E-state index contributed by atoms with van der Waals surface area (Å²) in [6, 6.07) is 7.47. The van der Waals surface area contributed by atoms with Crippen LogP contribution in [0.3, 0.4) is 0 Å². The Morgan fingerprint density at radius 2 is 2.21 bits per heavy atom. The second-order valence-electron chi connectivity index (χ2n) is 3.03. The van der Waals surface area contributed by atoms with E-state index in [4.69, 9.17) is 21.2 Å². The zero-order valence-electron chi connectivity index (χ0n) is 7.52. The molecule has 0 bridgehead atoms. The SMILES string of the molecule is Clc1ccc(CO/N=C\[C@@H]2CO2)cc1. The summed E-state index contributed by atoms with van der Waals surface area (Å²) in [7, 11) is 0. The Morgan fingerprint density at radius 1 is 1.50 bits per heavy atom. The van der Waals surface area contributed by atoms with Gasteiger partial charge >= 0.3 is 0 Å². The lowest BCUT2D eigenvalue weighted by atomic mass is 10.2. The van der Waals surface area contributed by atoms with Crippen molar-refractivity contribution in [3.63, 3.8) is 0 Å². The van der Waals surface area contributed by atoms with Crippen molar-refractivity contribution in [2.75, 3.05) is 6.61 Å². The van der Waals surface area contributed by atoms with Crippen molar-refractivity contribution in [1.29, 1.82) is 0 Å². The third-order valence-corrected chi connectivity index (χ3v) is 2.06. The minimum absolute atomic E-state index is 0.167. The summed E-state index contributed by atoms with van der Waals surface area (Å²) in [5, 5.41) is 4.49. The highest BCUT2D eigenvalue weighted by Gasteiger charge is 2.19. The lowest BCUT2D eigenvalue weighted by Gasteiger charge is -1.98. The molecule has 0 aromatic heterocycles. The van der Waals surface area contributed by atoms with Crippen LogP contribution in [0.2, 0.25) is 5.02 Å². The van der Waals surface area contributed by atoms with Gasteiger partial charge in [0.1, 0.15) is 12.7 Å². The van der Waals surface area contributed by atoms with Gasteiger partial charge < -0.3 is 9.57 Å². The molecule has 1 aliphatic rings. The van der Waals surface area contributed by atoms with E-state index < -0.39 is 0 Å². The van der Waals surface area contributed by atoms with E-state index in [1.165, 1.54) is 0 Å². The molecule has 14 heavy (non-hydrogen) atoms. The zero-order valence-corrected chi connectivity index (χ0v) is 8.28. The molecular formula is C10H10ClNO2. The summed E-state index contributed by atoms with van der Waals surface area (Å²) in [6.45, 7) is 1.22. The predicted molar refractivity (Wildman–Crippen MR) is 54.5 cm³/mol. The lowest BCUT2D eigenvalue weighted by Crippen LogP contribution is -1.90. The van der Waals surface area contributed by atoms with Crippen LogP contribution in [0.4, 0.5) is 0 Å². The first-order valence-electron chi connectivity index (χ1n) is 4.36. The van der Waals surface area contributed by atoms with Crippen LogP contribution in [0, 0.1) is 0 Å². The number of rotatable bonds is 4. The van der Waals surface area contributed by atoms with Gasteiger partial charge in [0, 0.05) is 5.02 Å². The van der Waals surface area contributed by atoms with Crippen LogP contribution in [0.1, 0.15) is 5.56 Å². The van der Waals surface area contributed by atoms with Crippen molar-refractivity contribution in [3.05, 3.63) is 34.9 Å². The van der Waals surface area contributed by atoms with E-state index in [1.54, 1.807) is 6.21 Å². The third-order valence-electron chi connectivity index (χ3n) is 1.81. The average Bonchev–Trinajstić information content (AvgIpc) is 2.99. The van der Waals surface area contributed by atoms with Crippen LogP contribution in [0.25, 0.3) is 0 Å². The van der Waals surface area contributed by atoms with Crippen LogP contribution in [0.15, 0.2) is 29.4 Å². The Bertz CT molecular complexity index is 319. The molecule has 4 heteroatoms. The van der Waals surface area contributed by atoms with Crippen molar-refractivity contribution >= 4 is 17.8 Å². The molecule has 1 aromatic carbocycles. The fourth-order valence-electron chi connectivity index (χ4n) is 0.945. The molecule has 0 saturated carbocycles. The first-order valence-corrected chi connectivity index (χ1v) is 4.74. The zero-order chi connectivity index (χ0) is 9.80. The van der Waals surface area contributed by atoms with Gasteiger partial charge in [-0.2, -0.15) is 0 Å². The summed E-state index contributed by atoms with van der Waals surface area (Å²) in [5.74, 6) is 0. The van der Waals surface area contributed by atoms with E-state index in [9.17, 15) is 0 Å². The number of hydrogen-bond acceptors (Lipinski definition) is 3. The number of ether oxygens (including phenoxy) is 1. The molecule has 1 atom stereocenters. The van der Waals surface area contributed by atoms with E-state index in [0.717, 1.165) is 17.2 Å². The number of halogens is 1. The van der Waals surface area contributed by atoms with Crippen LogP contribution in [0.5, 0.6) is 0 Å². The third kappa shape index (κ3) is 3.01. The normalized spacial score (nSPS) is 19.9. The molecule has 0 N–H and O–H groups in total. The smallest absolute Gasteiger partial charge is 0.142 e. The standard InChI is InChI=1S/C10H10ClNO2/c11-9-3-1-8(2-4-9)6-14-12-5-10-7-13-10/h1-5,10H,6-7H2/b12-5-/t10-/m1/s1. The molecule has 2 rings (SSSR count). The number of epoxide rings is 1. The summed E-state index contributed by atoms with van der Waals surface area (Å²) in [6.07, 6.45) is 1.83. The van der Waals surface area contributed by atoms with Crippen LogP contribution >= 0.6 is 11.6 Å². The molecule has 0 radical (unpaired) electrons. The largest absolute Gasteiger partial charge is 0.391 e. The van der Waals surface area contributed by atoms with E-state index >= 15 is 0 Å². The van der Waals surface area contributed by atoms with Crippen molar-refractivity contribution in [1.82, 2.24) is 0 Å². The van der Waals surface area contributed by atoms with E-state index in [0.29, 0.717) is 6.61 Å². The molecule has 1 aromatic rings. The fourth-order valence-corrected chi connectivity index (χ4v) is 1.07.